The van der Waals surface area contributed by atoms with Gasteiger partial charge in [0.2, 0.25) is 0 Å². The maximum absolute atomic E-state index is 10.7. The van der Waals surface area contributed by atoms with Gasteiger partial charge in [-0.2, -0.15) is 0 Å². The van der Waals surface area contributed by atoms with Crippen molar-refractivity contribution in [1.29, 1.82) is 0 Å². The summed E-state index contributed by atoms with van der Waals surface area (Å²) >= 11 is 0. The number of carbonyl (C=O) groups excluding carboxylic acids is 1. The first kappa shape index (κ1) is 11.0. The Morgan fingerprint density at radius 1 is 1.50 bits per heavy atom. The molecule has 0 fully saturated rings. The van der Waals surface area contributed by atoms with E-state index in [1.165, 1.54) is 12.8 Å². The number of ether oxygens (including phenoxy) is 1. The number of esters is 1. The number of carbonyl (C=O) groups is 1. The van der Waals surface area contributed by atoms with Crippen LogP contribution < -0.4 is 0 Å². The molecule has 2 nitrogen and oxygen atoms in total. The van der Waals surface area contributed by atoms with Gasteiger partial charge in [-0.15, -0.1) is 0 Å². The highest BCUT2D eigenvalue weighted by atomic mass is 16.5. The van der Waals surface area contributed by atoms with E-state index in [0.29, 0.717) is 6.42 Å². The van der Waals surface area contributed by atoms with Gasteiger partial charge in [-0.1, -0.05) is 38.5 Å². The second-order valence-corrected chi connectivity index (χ2v) is 2.47. The molecule has 0 spiro atoms. The lowest BCUT2D eigenvalue weighted by Gasteiger charge is -1.92. The summed E-state index contributed by atoms with van der Waals surface area (Å²) in [4.78, 5) is 10.7. The second-order valence-electron chi connectivity index (χ2n) is 2.47. The first-order valence-corrected chi connectivity index (χ1v) is 4.26. The van der Waals surface area contributed by atoms with Crippen molar-refractivity contribution in [2.75, 3.05) is 0 Å². The van der Waals surface area contributed by atoms with Gasteiger partial charge in [0.1, 0.15) is 0 Å². The Morgan fingerprint density at radius 3 is 2.83 bits per heavy atom. The van der Waals surface area contributed by atoms with Gasteiger partial charge in [-0.25, -0.2) is 0 Å². The van der Waals surface area contributed by atoms with Crippen molar-refractivity contribution in [2.24, 2.45) is 0 Å². The highest BCUT2D eigenvalue weighted by Gasteiger charge is 1.93. The summed E-state index contributed by atoms with van der Waals surface area (Å²) in [6.07, 6.45) is 8.74. The van der Waals surface area contributed by atoms with Crippen LogP contribution in [-0.2, 0) is 9.53 Å². The maximum atomic E-state index is 10.7. The molecule has 0 aliphatic carbocycles. The molecule has 0 aromatic rings. The smallest absolute Gasteiger partial charge is 0.314 e. The van der Waals surface area contributed by atoms with E-state index in [9.17, 15) is 4.79 Å². The fourth-order valence-electron chi connectivity index (χ4n) is 0.760. The second kappa shape index (κ2) is 8.05. The molecule has 0 saturated heterocycles. The molecule has 0 saturated carbocycles. The molecule has 0 aliphatic rings. The van der Waals surface area contributed by atoms with Crippen LogP contribution in [0.3, 0.4) is 0 Å². The van der Waals surface area contributed by atoms with Gasteiger partial charge >= 0.3 is 5.97 Å². The largest absolute Gasteiger partial charge is 0.435 e. The summed E-state index contributed by atoms with van der Waals surface area (Å²) in [6.45, 7) is 5.43. The van der Waals surface area contributed by atoms with Crippen LogP contribution in [-0.4, -0.2) is 5.97 Å². The maximum Gasteiger partial charge on any atom is 0.314 e. The SMILES string of the molecule is C=COC(=O)CC=CCCCC. The Kier molecular flexibility index (Phi) is 7.35. The molecule has 0 rings (SSSR count). The summed E-state index contributed by atoms with van der Waals surface area (Å²) in [7, 11) is 0. The minimum atomic E-state index is -0.252. The molecule has 0 bridgehead atoms. The van der Waals surface area contributed by atoms with Crippen LogP contribution in [0.15, 0.2) is 25.0 Å². The van der Waals surface area contributed by atoms with Crippen molar-refractivity contribution in [3.8, 4) is 0 Å². The molecule has 2 heteroatoms. The molecule has 0 aromatic carbocycles. The van der Waals surface area contributed by atoms with Crippen molar-refractivity contribution in [3.05, 3.63) is 25.0 Å². The van der Waals surface area contributed by atoms with E-state index in [1.54, 1.807) is 0 Å². The van der Waals surface area contributed by atoms with E-state index >= 15 is 0 Å². The summed E-state index contributed by atoms with van der Waals surface area (Å²) in [6, 6.07) is 0. The highest BCUT2D eigenvalue weighted by Crippen LogP contribution is 1.96. The lowest BCUT2D eigenvalue weighted by Crippen LogP contribution is -1.95. The molecule has 0 amide bonds. The van der Waals surface area contributed by atoms with Crippen molar-refractivity contribution in [3.63, 3.8) is 0 Å². The zero-order valence-corrected chi connectivity index (χ0v) is 7.58. The monoisotopic (exact) mass is 168 g/mol. The van der Waals surface area contributed by atoms with Crippen LogP contribution in [0.4, 0.5) is 0 Å². The average Bonchev–Trinajstić information content (AvgIpc) is 2.05. The third-order valence-corrected chi connectivity index (χ3v) is 1.39. The van der Waals surface area contributed by atoms with E-state index in [1.807, 2.05) is 12.2 Å². The normalized spacial score (nSPS) is 10.1. The number of hydrogen-bond donors (Lipinski definition) is 0. The summed E-state index contributed by atoms with van der Waals surface area (Å²) in [5, 5.41) is 0. The third kappa shape index (κ3) is 7.06. The Morgan fingerprint density at radius 2 is 2.25 bits per heavy atom. The summed E-state index contributed by atoms with van der Waals surface area (Å²) in [5.41, 5.74) is 0. The van der Waals surface area contributed by atoms with Gasteiger partial charge in [0.25, 0.3) is 0 Å². The number of allylic oxidation sites excluding steroid dienone is 1. The molecule has 0 N–H and O–H groups in total. The van der Waals surface area contributed by atoms with Crippen molar-refractivity contribution < 1.29 is 9.53 Å². The lowest BCUT2D eigenvalue weighted by atomic mass is 10.2. The van der Waals surface area contributed by atoms with Crippen LogP contribution in [0.5, 0.6) is 0 Å². The van der Waals surface area contributed by atoms with Crippen molar-refractivity contribution >= 4 is 5.97 Å². The van der Waals surface area contributed by atoms with E-state index < -0.39 is 0 Å². The molecule has 0 heterocycles. The van der Waals surface area contributed by atoms with Crippen LogP contribution in [0.1, 0.15) is 32.6 Å². The molecular formula is C10H16O2. The number of rotatable bonds is 6. The highest BCUT2D eigenvalue weighted by molar-refractivity contribution is 5.71. The Balaban J connectivity index is 3.33. The lowest BCUT2D eigenvalue weighted by molar-refractivity contribution is -0.136. The molecule has 12 heavy (non-hydrogen) atoms. The Bertz CT molecular complexity index is 159. The zero-order valence-electron chi connectivity index (χ0n) is 7.58. The summed E-state index contributed by atoms with van der Waals surface area (Å²) in [5.74, 6) is -0.252. The fraction of sp³-hybridized carbons (Fsp3) is 0.500. The molecule has 68 valence electrons. The van der Waals surface area contributed by atoms with Crippen LogP contribution >= 0.6 is 0 Å². The van der Waals surface area contributed by atoms with E-state index in [2.05, 4.69) is 18.2 Å². The van der Waals surface area contributed by atoms with Gasteiger partial charge in [0.05, 0.1) is 12.7 Å². The van der Waals surface area contributed by atoms with Gasteiger partial charge in [-0.3, -0.25) is 4.79 Å². The van der Waals surface area contributed by atoms with Gasteiger partial charge in [0.15, 0.2) is 0 Å². The quantitative estimate of drug-likeness (QED) is 0.264. The van der Waals surface area contributed by atoms with E-state index in [-0.39, 0.29) is 5.97 Å². The molecular weight excluding hydrogens is 152 g/mol. The van der Waals surface area contributed by atoms with Crippen LogP contribution in [0.2, 0.25) is 0 Å². The van der Waals surface area contributed by atoms with Crippen LogP contribution in [0, 0.1) is 0 Å². The first-order chi connectivity index (χ1) is 5.81. The third-order valence-electron chi connectivity index (χ3n) is 1.39. The average molecular weight is 168 g/mol. The van der Waals surface area contributed by atoms with Gasteiger partial charge in [-0.05, 0) is 6.42 Å². The molecule has 0 radical (unpaired) electrons. The van der Waals surface area contributed by atoms with E-state index in [0.717, 1.165) is 12.7 Å². The number of unbranched alkanes of at least 4 members (excludes halogenated alkanes) is 2. The van der Waals surface area contributed by atoms with Crippen molar-refractivity contribution in [1.82, 2.24) is 0 Å². The topological polar surface area (TPSA) is 26.3 Å². The standard InChI is InChI=1S/C10H16O2/c1-3-5-6-7-8-9-10(11)12-4-2/h4,7-8H,2-3,5-6,9H2,1H3. The first-order valence-electron chi connectivity index (χ1n) is 4.26. The zero-order chi connectivity index (χ0) is 9.23. The minimum Gasteiger partial charge on any atom is -0.435 e. The van der Waals surface area contributed by atoms with Crippen molar-refractivity contribution in [2.45, 2.75) is 32.6 Å². The molecule has 0 atom stereocenters. The van der Waals surface area contributed by atoms with Gasteiger partial charge in [0, 0.05) is 0 Å². The molecule has 0 aliphatic heterocycles. The van der Waals surface area contributed by atoms with Crippen LogP contribution in [0.25, 0.3) is 0 Å². The fourth-order valence-corrected chi connectivity index (χ4v) is 0.760. The Labute approximate surface area is 73.9 Å². The predicted octanol–water partition coefficient (Wildman–Crippen LogP) is 2.81. The molecule has 0 unspecified atom stereocenters. The number of hydrogen-bond acceptors (Lipinski definition) is 2. The molecule has 0 aromatic heterocycles. The van der Waals surface area contributed by atoms with E-state index in [4.69, 9.17) is 0 Å². The minimum absolute atomic E-state index is 0.252. The Hall–Kier alpha value is -1.05. The predicted molar refractivity (Wildman–Crippen MR) is 49.6 cm³/mol. The van der Waals surface area contributed by atoms with Gasteiger partial charge < -0.3 is 4.74 Å². The summed E-state index contributed by atoms with van der Waals surface area (Å²) < 4.78 is 4.52.